The number of allylic oxidation sites excluding steroid dienone is 5. The van der Waals surface area contributed by atoms with Crippen LogP contribution in [0.25, 0.3) is 50.0 Å². The summed E-state index contributed by atoms with van der Waals surface area (Å²) in [5.41, 5.74) is 9.42. The fourth-order valence-electron chi connectivity index (χ4n) is 4.79. The summed E-state index contributed by atoms with van der Waals surface area (Å²) < 4.78 is 13.5. The summed E-state index contributed by atoms with van der Waals surface area (Å²) in [6, 6.07) is 12.4. The first-order valence-corrected chi connectivity index (χ1v) is 13.2. The number of aromatic amines is 2. The molecule has 5 aromatic rings. The van der Waals surface area contributed by atoms with Gasteiger partial charge in [0.05, 0.1) is 28.6 Å². The molecule has 0 spiro atoms. The second-order valence-corrected chi connectivity index (χ2v) is 11.0. The molecule has 0 saturated carbocycles. The summed E-state index contributed by atoms with van der Waals surface area (Å²) in [5, 5.41) is 12.1. The fraction of sp³-hybridized carbons (Fsp3) is 0.182. The summed E-state index contributed by atoms with van der Waals surface area (Å²) >= 11 is 0. The summed E-state index contributed by atoms with van der Waals surface area (Å²) in [4.78, 5) is 12.8. The van der Waals surface area contributed by atoms with Gasteiger partial charge in [-0.05, 0) is 72.4 Å². The third-order valence-electron chi connectivity index (χ3n) is 6.57. The Labute approximate surface area is 233 Å². The lowest BCUT2D eigenvalue weighted by Crippen LogP contribution is -2.16. The third kappa shape index (κ3) is 5.64. The molecule has 0 bridgehead atoms. The molecule has 3 N–H and O–H groups in total. The van der Waals surface area contributed by atoms with E-state index in [2.05, 4.69) is 59.4 Å². The Morgan fingerprint density at radius 2 is 1.85 bits per heavy atom. The molecule has 0 aliphatic rings. The minimum Gasteiger partial charge on any atom is -0.359 e. The Hall–Kier alpha value is -4.78. The summed E-state index contributed by atoms with van der Waals surface area (Å²) in [5.74, 6) is -0.273. The van der Waals surface area contributed by atoms with Gasteiger partial charge >= 0.3 is 0 Å². The first-order chi connectivity index (χ1) is 19.1. The second kappa shape index (κ2) is 10.8. The van der Waals surface area contributed by atoms with Gasteiger partial charge in [0.2, 0.25) is 0 Å². The van der Waals surface area contributed by atoms with Gasteiger partial charge < -0.3 is 10.3 Å². The summed E-state index contributed by atoms with van der Waals surface area (Å²) in [7, 11) is 0. The Morgan fingerprint density at radius 3 is 2.55 bits per heavy atom. The van der Waals surface area contributed by atoms with Crippen LogP contribution in [0.1, 0.15) is 39.8 Å². The van der Waals surface area contributed by atoms with E-state index >= 15 is 0 Å². The number of H-pyrrole nitrogens is 2. The van der Waals surface area contributed by atoms with Crippen LogP contribution in [0.3, 0.4) is 0 Å². The number of rotatable bonds is 8. The van der Waals surface area contributed by atoms with E-state index < -0.39 is 0 Å². The van der Waals surface area contributed by atoms with Crippen LogP contribution in [0.5, 0.6) is 0 Å². The quantitative estimate of drug-likeness (QED) is 0.176. The van der Waals surface area contributed by atoms with E-state index in [-0.39, 0.29) is 11.2 Å². The van der Waals surface area contributed by atoms with Gasteiger partial charge in [0.1, 0.15) is 17.0 Å². The molecular weight excluding hydrogens is 499 g/mol. The van der Waals surface area contributed by atoms with E-state index in [1.807, 2.05) is 37.3 Å². The highest BCUT2D eigenvalue weighted by atomic mass is 19.1. The van der Waals surface area contributed by atoms with Crippen LogP contribution in [-0.2, 0) is 0 Å². The van der Waals surface area contributed by atoms with Gasteiger partial charge in [-0.25, -0.2) is 9.37 Å². The number of pyridine rings is 2. The zero-order valence-electron chi connectivity index (χ0n) is 23.3. The van der Waals surface area contributed by atoms with Crippen LogP contribution in [0, 0.1) is 11.2 Å². The van der Waals surface area contributed by atoms with Crippen LogP contribution >= 0.6 is 0 Å². The van der Waals surface area contributed by atoms with Gasteiger partial charge in [-0.3, -0.25) is 10.1 Å². The molecular formula is C33H33FN6. The average Bonchev–Trinajstić information content (AvgIpc) is 3.54. The fourth-order valence-corrected chi connectivity index (χ4v) is 4.79. The molecule has 0 aliphatic heterocycles. The van der Waals surface area contributed by atoms with Crippen molar-refractivity contribution < 1.29 is 4.39 Å². The molecule has 0 fully saturated rings. The van der Waals surface area contributed by atoms with Gasteiger partial charge in [0.25, 0.3) is 0 Å². The minimum atomic E-state index is -0.273. The molecule has 7 heteroatoms. The van der Waals surface area contributed by atoms with Crippen molar-refractivity contribution >= 4 is 27.5 Å². The van der Waals surface area contributed by atoms with Crippen molar-refractivity contribution in [2.75, 3.05) is 0 Å². The maximum atomic E-state index is 13.5. The number of benzene rings is 1. The van der Waals surface area contributed by atoms with Crippen LogP contribution in [0.4, 0.5) is 4.39 Å². The molecule has 4 aromatic heterocycles. The van der Waals surface area contributed by atoms with Crippen molar-refractivity contribution in [3.8, 4) is 22.5 Å². The van der Waals surface area contributed by atoms with Gasteiger partial charge in [-0.2, -0.15) is 5.10 Å². The number of nitrogens with one attached hydrogen (secondary N) is 3. The van der Waals surface area contributed by atoms with Crippen molar-refractivity contribution in [2.45, 2.75) is 34.1 Å². The predicted molar refractivity (Wildman–Crippen MR) is 163 cm³/mol. The SMILES string of the molecule is C=C/C(=C\C(=C/C)c1ccc2[nH]nc(-c3cc4c(-c5ccc(F)cc5)cncc4[nH]3)c2n1)NC(=C)CC(C)(C)C. The summed E-state index contributed by atoms with van der Waals surface area (Å²) in [6.07, 6.45) is 10.2. The Balaban J connectivity index is 1.51. The average molecular weight is 533 g/mol. The smallest absolute Gasteiger partial charge is 0.135 e. The number of fused-ring (bicyclic) bond motifs is 2. The molecule has 1 aromatic carbocycles. The molecule has 202 valence electrons. The Kier molecular flexibility index (Phi) is 7.22. The number of nitrogens with zero attached hydrogens (tertiary/aromatic N) is 3. The van der Waals surface area contributed by atoms with Gasteiger partial charge in [0.15, 0.2) is 0 Å². The topological polar surface area (TPSA) is 82.3 Å². The Bertz CT molecular complexity index is 1780. The molecule has 0 unspecified atom stereocenters. The molecule has 0 aliphatic carbocycles. The van der Waals surface area contributed by atoms with E-state index in [1.165, 1.54) is 12.1 Å². The lowest BCUT2D eigenvalue weighted by Gasteiger charge is -2.21. The van der Waals surface area contributed by atoms with E-state index in [1.54, 1.807) is 30.6 Å². The molecule has 0 saturated heterocycles. The third-order valence-corrected chi connectivity index (χ3v) is 6.57. The molecule has 0 radical (unpaired) electrons. The highest BCUT2D eigenvalue weighted by Crippen LogP contribution is 2.33. The molecule has 5 rings (SSSR count). The highest BCUT2D eigenvalue weighted by Gasteiger charge is 2.16. The predicted octanol–water partition coefficient (Wildman–Crippen LogP) is 8.32. The van der Waals surface area contributed by atoms with E-state index in [9.17, 15) is 4.39 Å². The second-order valence-electron chi connectivity index (χ2n) is 11.0. The molecule has 0 atom stereocenters. The van der Waals surface area contributed by atoms with Gasteiger partial charge in [0, 0.05) is 28.5 Å². The normalized spacial score (nSPS) is 12.7. The number of halogens is 1. The van der Waals surface area contributed by atoms with Crippen LogP contribution < -0.4 is 5.32 Å². The molecule has 6 nitrogen and oxygen atoms in total. The van der Waals surface area contributed by atoms with Crippen molar-refractivity contribution in [3.05, 3.63) is 109 Å². The first kappa shape index (κ1) is 26.8. The lowest BCUT2D eigenvalue weighted by atomic mass is 9.91. The first-order valence-electron chi connectivity index (χ1n) is 13.2. The molecule has 0 amide bonds. The molecule has 4 heterocycles. The number of hydrogen-bond donors (Lipinski definition) is 3. The summed E-state index contributed by atoms with van der Waals surface area (Å²) in [6.45, 7) is 16.7. The van der Waals surface area contributed by atoms with Crippen molar-refractivity contribution in [1.29, 1.82) is 0 Å². The van der Waals surface area contributed by atoms with Crippen LogP contribution in [0.15, 0.2) is 97.6 Å². The largest absolute Gasteiger partial charge is 0.359 e. The lowest BCUT2D eigenvalue weighted by molar-refractivity contribution is 0.403. The van der Waals surface area contributed by atoms with Gasteiger partial charge in [-0.15, -0.1) is 0 Å². The maximum Gasteiger partial charge on any atom is 0.135 e. The molecule has 40 heavy (non-hydrogen) atoms. The van der Waals surface area contributed by atoms with Crippen LogP contribution in [0.2, 0.25) is 0 Å². The van der Waals surface area contributed by atoms with E-state index in [0.29, 0.717) is 5.69 Å². The maximum absolute atomic E-state index is 13.5. The monoisotopic (exact) mass is 532 g/mol. The standard InChI is InChI=1S/C33H33FN6/c1-7-21(15-24(8-2)36-20(3)17-33(4,5)6)27-13-14-28-31(38-27)32(40-39-28)29-16-25-26(18-35-19-30(25)37-29)22-9-11-23(34)12-10-22/h7-16,18-19,36-37H,2-3,17H2,1,4-6H3,(H,39,40)/b21-7+,24-15+. The highest BCUT2D eigenvalue weighted by molar-refractivity contribution is 6.00. The van der Waals surface area contributed by atoms with Crippen molar-refractivity contribution in [2.24, 2.45) is 5.41 Å². The minimum absolute atomic E-state index is 0.128. The van der Waals surface area contributed by atoms with E-state index in [0.717, 1.165) is 67.8 Å². The zero-order valence-corrected chi connectivity index (χ0v) is 23.3. The zero-order chi connectivity index (χ0) is 28.4. The van der Waals surface area contributed by atoms with Crippen molar-refractivity contribution in [3.63, 3.8) is 0 Å². The van der Waals surface area contributed by atoms with Crippen molar-refractivity contribution in [1.82, 2.24) is 30.5 Å². The van der Waals surface area contributed by atoms with E-state index in [4.69, 9.17) is 4.98 Å². The number of aromatic nitrogens is 5. The Morgan fingerprint density at radius 1 is 1.07 bits per heavy atom. The van der Waals surface area contributed by atoms with Crippen LogP contribution in [-0.4, -0.2) is 25.1 Å². The number of hydrogen-bond acceptors (Lipinski definition) is 4. The van der Waals surface area contributed by atoms with Gasteiger partial charge in [-0.1, -0.05) is 52.1 Å².